The van der Waals surface area contributed by atoms with Gasteiger partial charge in [0.25, 0.3) is 0 Å². The van der Waals surface area contributed by atoms with Crippen molar-refractivity contribution in [3.63, 3.8) is 0 Å². The average molecular weight is 665 g/mol. The number of hydrogen-bond acceptors (Lipinski definition) is 7. The number of halogens is 2. The summed E-state index contributed by atoms with van der Waals surface area (Å²) in [5.41, 5.74) is 0.0513. The van der Waals surface area contributed by atoms with Crippen LogP contribution in [-0.4, -0.2) is 24.2 Å². The molecule has 1 aromatic rings. The molecule has 0 heterocycles. The van der Waals surface area contributed by atoms with Gasteiger partial charge in [-0.25, -0.2) is 9.59 Å². The highest BCUT2D eigenvalue weighted by atomic mass is 127. The lowest BCUT2D eigenvalue weighted by Gasteiger charge is -2.59. The summed E-state index contributed by atoms with van der Waals surface area (Å²) in [5, 5.41) is 11.8. The topological polar surface area (TPSA) is 102 Å². The lowest BCUT2D eigenvalue weighted by molar-refractivity contribution is -0.329. The molecule has 0 amide bonds. The fraction of sp³-hybridized carbons (Fsp3) is 0.522. The third-order valence-corrected chi connectivity index (χ3v) is 8.25. The summed E-state index contributed by atoms with van der Waals surface area (Å²) in [4.78, 5) is 36.3. The van der Waals surface area contributed by atoms with E-state index < -0.39 is 23.5 Å². The minimum atomic E-state index is -0.969. The van der Waals surface area contributed by atoms with Crippen molar-refractivity contribution in [3.8, 4) is 5.75 Å². The van der Waals surface area contributed by atoms with Crippen LogP contribution in [-0.2, 0) is 25.7 Å². The third-order valence-electron chi connectivity index (χ3n) is 6.83. The largest absolute Gasteiger partial charge is 0.550 e. The fourth-order valence-corrected chi connectivity index (χ4v) is 7.79. The van der Waals surface area contributed by atoms with Gasteiger partial charge in [-0.15, -0.1) is 0 Å². The van der Waals surface area contributed by atoms with Crippen LogP contribution >= 0.6 is 45.2 Å². The summed E-state index contributed by atoms with van der Waals surface area (Å²) in [6.07, 6.45) is 2.29. The molecule has 32 heavy (non-hydrogen) atoms. The SMILES string of the molecule is C=C(C)C(=O)Oc1c(I)cc(I)cc1COC(=O)OC1C2CC3CC1CC(C(=O)[O-])(C3)C2. The zero-order valence-corrected chi connectivity index (χ0v) is 21.8. The Morgan fingerprint density at radius 2 is 1.81 bits per heavy atom. The predicted molar refractivity (Wildman–Crippen MR) is 128 cm³/mol. The van der Waals surface area contributed by atoms with Crippen molar-refractivity contribution in [2.24, 2.45) is 23.2 Å². The van der Waals surface area contributed by atoms with E-state index in [0.717, 1.165) is 16.4 Å². The molecule has 4 fully saturated rings. The number of ether oxygens (including phenoxy) is 3. The number of carbonyl (C=O) groups excluding carboxylic acids is 3. The summed E-state index contributed by atoms with van der Waals surface area (Å²) in [5.74, 6) is -0.779. The van der Waals surface area contributed by atoms with Crippen molar-refractivity contribution in [3.05, 3.63) is 37.0 Å². The number of aliphatic carboxylic acids is 1. The monoisotopic (exact) mass is 665 g/mol. The number of carboxylic acids is 1. The van der Waals surface area contributed by atoms with Crippen molar-refractivity contribution >= 4 is 63.3 Å². The molecule has 1 aromatic carbocycles. The van der Waals surface area contributed by atoms with Gasteiger partial charge >= 0.3 is 12.1 Å². The van der Waals surface area contributed by atoms with Gasteiger partial charge in [-0.1, -0.05) is 6.58 Å². The highest BCUT2D eigenvalue weighted by molar-refractivity contribution is 14.1. The quantitative estimate of drug-likeness (QED) is 0.196. The molecular weight excluding hydrogens is 642 g/mol. The minimum absolute atomic E-state index is 0.0254. The number of carbonyl (C=O) groups is 3. The minimum Gasteiger partial charge on any atom is -0.550 e. The van der Waals surface area contributed by atoms with Gasteiger partial charge in [-0.05, 0) is 114 Å². The number of rotatable bonds is 6. The fourth-order valence-electron chi connectivity index (χ4n) is 5.72. The Balaban J connectivity index is 1.42. The van der Waals surface area contributed by atoms with E-state index >= 15 is 0 Å². The molecule has 4 bridgehead atoms. The average Bonchev–Trinajstić information content (AvgIpc) is 2.70. The van der Waals surface area contributed by atoms with Crippen LogP contribution in [0.25, 0.3) is 0 Å². The second kappa shape index (κ2) is 9.11. The van der Waals surface area contributed by atoms with Gasteiger partial charge in [0.05, 0.1) is 3.57 Å². The molecule has 4 aliphatic carbocycles. The van der Waals surface area contributed by atoms with Crippen LogP contribution in [0.3, 0.4) is 0 Å². The number of benzene rings is 1. The van der Waals surface area contributed by atoms with Crippen molar-refractivity contribution in [1.29, 1.82) is 0 Å². The maximum atomic E-state index is 12.5. The third kappa shape index (κ3) is 4.64. The number of carboxylic acid groups (broad SMARTS) is 1. The first-order valence-electron chi connectivity index (χ1n) is 10.5. The number of hydrogen-bond donors (Lipinski definition) is 0. The second-order valence-corrected chi connectivity index (χ2v) is 11.6. The molecule has 2 unspecified atom stereocenters. The van der Waals surface area contributed by atoms with Crippen LogP contribution in [0.2, 0.25) is 0 Å². The highest BCUT2D eigenvalue weighted by Gasteiger charge is 2.57. The molecule has 172 valence electrons. The zero-order valence-electron chi connectivity index (χ0n) is 17.5. The van der Waals surface area contributed by atoms with Crippen molar-refractivity contribution in [1.82, 2.24) is 0 Å². The van der Waals surface area contributed by atoms with Crippen LogP contribution in [0, 0.1) is 30.3 Å². The van der Waals surface area contributed by atoms with Crippen LogP contribution in [0.1, 0.15) is 44.6 Å². The normalized spacial score (nSPS) is 30.0. The van der Waals surface area contributed by atoms with E-state index in [4.69, 9.17) is 14.2 Å². The van der Waals surface area contributed by atoms with Crippen molar-refractivity contribution < 1.29 is 33.7 Å². The first kappa shape index (κ1) is 23.8. The summed E-state index contributed by atoms with van der Waals surface area (Å²) in [6, 6.07) is 3.63. The van der Waals surface area contributed by atoms with Crippen LogP contribution < -0.4 is 9.84 Å². The first-order valence-corrected chi connectivity index (χ1v) is 12.6. The Labute approximate surface area is 213 Å². The van der Waals surface area contributed by atoms with Gasteiger partial charge in [-0.2, -0.15) is 0 Å². The molecule has 2 atom stereocenters. The predicted octanol–water partition coefficient (Wildman–Crippen LogP) is 3.98. The Bertz CT molecular complexity index is 973. The summed E-state index contributed by atoms with van der Waals surface area (Å²) in [7, 11) is 0. The van der Waals surface area contributed by atoms with Gasteiger partial charge < -0.3 is 24.1 Å². The van der Waals surface area contributed by atoms with E-state index in [-0.39, 0.29) is 30.1 Å². The maximum absolute atomic E-state index is 12.5. The van der Waals surface area contributed by atoms with Gasteiger partial charge in [-0.3, -0.25) is 0 Å². The van der Waals surface area contributed by atoms with E-state index in [1.807, 2.05) is 6.07 Å². The zero-order chi connectivity index (χ0) is 23.2. The first-order chi connectivity index (χ1) is 15.1. The molecular formula is C23H23I2O7-. The molecule has 0 aromatic heterocycles. The maximum Gasteiger partial charge on any atom is 0.508 e. The van der Waals surface area contributed by atoms with Gasteiger partial charge in [0.15, 0.2) is 5.75 Å². The molecule has 9 heteroatoms. The summed E-state index contributed by atoms with van der Waals surface area (Å²) >= 11 is 4.20. The van der Waals surface area contributed by atoms with E-state index in [1.165, 1.54) is 0 Å². The Hall–Kier alpha value is -1.37. The Morgan fingerprint density at radius 1 is 1.16 bits per heavy atom. The van der Waals surface area contributed by atoms with Gasteiger partial charge in [0.2, 0.25) is 0 Å². The second-order valence-electron chi connectivity index (χ2n) is 9.20. The molecule has 7 nitrogen and oxygen atoms in total. The molecule has 0 radical (unpaired) electrons. The molecule has 5 rings (SSSR count). The molecule has 4 saturated carbocycles. The molecule has 0 aliphatic heterocycles. The lowest BCUT2D eigenvalue weighted by Crippen LogP contribution is -2.60. The van der Waals surface area contributed by atoms with E-state index in [9.17, 15) is 19.5 Å². The van der Waals surface area contributed by atoms with Crippen LogP contribution in [0.15, 0.2) is 24.3 Å². The van der Waals surface area contributed by atoms with E-state index in [2.05, 4.69) is 51.8 Å². The standard InChI is InChI=1S/C23H24I2O7/c1-11(2)20(26)31-19-15(5-16(24)6-17(19)25)10-30-22(29)32-18-13-3-12-4-14(18)9-23(7-12,8-13)21(27)28/h5-6,12-14,18H,1,3-4,7-10H2,2H3,(H,27,28)/p-1. The Kier molecular flexibility index (Phi) is 6.77. The molecule has 0 saturated heterocycles. The van der Waals surface area contributed by atoms with Crippen molar-refractivity contribution in [2.45, 2.75) is 51.7 Å². The molecule has 0 spiro atoms. The summed E-state index contributed by atoms with van der Waals surface area (Å²) < 4.78 is 18.1. The van der Waals surface area contributed by atoms with Crippen LogP contribution in [0.4, 0.5) is 4.79 Å². The van der Waals surface area contributed by atoms with E-state index in [1.54, 1.807) is 13.0 Å². The lowest BCUT2D eigenvalue weighted by atomic mass is 9.48. The van der Waals surface area contributed by atoms with E-state index in [0.29, 0.717) is 40.1 Å². The van der Waals surface area contributed by atoms with Gasteiger partial charge in [0, 0.05) is 26.1 Å². The smallest absolute Gasteiger partial charge is 0.508 e. The highest BCUT2D eigenvalue weighted by Crippen LogP contribution is 2.60. The number of esters is 1. The van der Waals surface area contributed by atoms with Crippen LogP contribution in [0.5, 0.6) is 5.75 Å². The molecule has 0 N–H and O–H groups in total. The summed E-state index contributed by atoms with van der Waals surface area (Å²) in [6.45, 7) is 5.04. The Morgan fingerprint density at radius 3 is 2.41 bits per heavy atom. The van der Waals surface area contributed by atoms with Crippen molar-refractivity contribution in [2.75, 3.05) is 0 Å². The molecule has 4 aliphatic rings. The van der Waals surface area contributed by atoms with Gasteiger partial charge in [0.1, 0.15) is 12.7 Å².